The molecule has 1 amide bonds. The summed E-state index contributed by atoms with van der Waals surface area (Å²) >= 11 is 5.87. The van der Waals surface area contributed by atoms with Crippen LogP contribution in [0.1, 0.15) is 12.8 Å². The molecule has 9 nitrogen and oxygen atoms in total. The third-order valence-electron chi connectivity index (χ3n) is 6.43. The average molecular weight is 541 g/mol. The second-order valence-electron chi connectivity index (χ2n) is 8.88. The summed E-state index contributed by atoms with van der Waals surface area (Å²) in [6.45, 7) is 2.65. The largest absolute Gasteiger partial charge is 0.326 e. The van der Waals surface area contributed by atoms with Gasteiger partial charge in [-0.2, -0.15) is 8.61 Å². The van der Waals surface area contributed by atoms with Crippen LogP contribution in [0.5, 0.6) is 0 Å². The lowest BCUT2D eigenvalue weighted by atomic mass is 9.99. The van der Waals surface area contributed by atoms with Crippen molar-refractivity contribution in [1.29, 1.82) is 0 Å². The van der Waals surface area contributed by atoms with Crippen molar-refractivity contribution in [2.45, 2.75) is 22.6 Å². The molecule has 1 unspecified atom stereocenters. The van der Waals surface area contributed by atoms with E-state index in [1.807, 2.05) is 7.05 Å². The highest BCUT2D eigenvalue weighted by atomic mass is 35.5. The Labute approximate surface area is 211 Å². The van der Waals surface area contributed by atoms with E-state index in [0.29, 0.717) is 56.3 Å². The minimum Gasteiger partial charge on any atom is -0.326 e. The fraction of sp³-hybridized carbons (Fsp3) is 0.435. The number of carbonyl (C=O) groups excluding carboxylic acids is 1. The molecule has 35 heavy (non-hydrogen) atoms. The summed E-state index contributed by atoms with van der Waals surface area (Å²) < 4.78 is 54.6. The van der Waals surface area contributed by atoms with Gasteiger partial charge in [0.2, 0.25) is 26.0 Å². The van der Waals surface area contributed by atoms with Crippen LogP contribution >= 0.6 is 11.6 Å². The monoisotopic (exact) mass is 540 g/mol. The van der Waals surface area contributed by atoms with Gasteiger partial charge in [0.05, 0.1) is 15.7 Å². The SMILES string of the molecule is CN1CCN(S(=O)(=O)c2ccc(NC(=O)C3CCCN(S(=O)(=O)c4ccc(Cl)cc4)C3)cc2)CC1. The van der Waals surface area contributed by atoms with Crippen molar-refractivity contribution < 1.29 is 21.6 Å². The Morgan fingerprint density at radius 2 is 1.37 bits per heavy atom. The molecule has 2 saturated heterocycles. The topological polar surface area (TPSA) is 107 Å². The average Bonchev–Trinajstić information content (AvgIpc) is 2.85. The molecule has 0 spiro atoms. The molecule has 2 fully saturated rings. The number of halogens is 1. The maximum atomic E-state index is 13.0. The molecule has 2 heterocycles. The summed E-state index contributed by atoms with van der Waals surface area (Å²) in [6.07, 6.45) is 1.13. The third kappa shape index (κ3) is 5.87. The normalized spacial score (nSPS) is 21.0. The summed E-state index contributed by atoms with van der Waals surface area (Å²) in [5.41, 5.74) is 0.463. The molecule has 190 valence electrons. The van der Waals surface area contributed by atoms with E-state index in [4.69, 9.17) is 11.6 Å². The number of piperazine rings is 1. The Bertz CT molecular complexity index is 1260. The van der Waals surface area contributed by atoms with Gasteiger partial charge in [0.1, 0.15) is 0 Å². The number of hydrogen-bond acceptors (Lipinski definition) is 6. The van der Waals surface area contributed by atoms with Crippen molar-refractivity contribution in [2.75, 3.05) is 51.6 Å². The van der Waals surface area contributed by atoms with Gasteiger partial charge in [0, 0.05) is 50.0 Å². The van der Waals surface area contributed by atoms with Crippen molar-refractivity contribution in [3.63, 3.8) is 0 Å². The first-order chi connectivity index (χ1) is 16.6. The Hall–Kier alpha value is -2.02. The standard InChI is InChI=1S/C23H29ClN4O5S2/c1-26-13-15-27(16-14-26)34(30,31)22-10-6-20(7-11-22)25-23(29)18-3-2-12-28(17-18)35(32,33)21-8-4-19(24)5-9-21/h4-11,18H,2-3,12-17H2,1H3,(H,25,29). The molecule has 2 aliphatic heterocycles. The van der Waals surface area contributed by atoms with E-state index in [1.165, 1.54) is 45.0 Å². The number of amides is 1. The molecular weight excluding hydrogens is 512 g/mol. The minimum atomic E-state index is -3.73. The lowest BCUT2D eigenvalue weighted by molar-refractivity contribution is -0.120. The molecule has 2 aliphatic rings. The molecule has 2 aromatic carbocycles. The van der Waals surface area contributed by atoms with Gasteiger partial charge >= 0.3 is 0 Å². The number of likely N-dealkylation sites (N-methyl/N-ethyl adjacent to an activating group) is 1. The van der Waals surface area contributed by atoms with E-state index in [9.17, 15) is 21.6 Å². The van der Waals surface area contributed by atoms with Crippen LogP contribution in [-0.2, 0) is 24.8 Å². The van der Waals surface area contributed by atoms with Crippen molar-refractivity contribution in [2.24, 2.45) is 5.92 Å². The summed E-state index contributed by atoms with van der Waals surface area (Å²) in [6, 6.07) is 12.1. The number of nitrogens with one attached hydrogen (secondary N) is 1. The van der Waals surface area contributed by atoms with Crippen LogP contribution in [0.25, 0.3) is 0 Å². The number of piperidine rings is 1. The molecule has 0 bridgehead atoms. The van der Waals surface area contributed by atoms with Gasteiger partial charge in [-0.15, -0.1) is 0 Å². The number of carbonyl (C=O) groups is 1. The first-order valence-electron chi connectivity index (χ1n) is 11.4. The Morgan fingerprint density at radius 3 is 1.97 bits per heavy atom. The van der Waals surface area contributed by atoms with Gasteiger partial charge in [-0.25, -0.2) is 16.8 Å². The van der Waals surface area contributed by atoms with Crippen LogP contribution in [0.15, 0.2) is 58.3 Å². The number of benzene rings is 2. The van der Waals surface area contributed by atoms with Crippen LogP contribution in [-0.4, -0.2) is 82.6 Å². The highest BCUT2D eigenvalue weighted by molar-refractivity contribution is 7.89. The number of nitrogens with zero attached hydrogens (tertiary/aromatic N) is 3. The van der Waals surface area contributed by atoms with Crippen LogP contribution in [0.3, 0.4) is 0 Å². The Kier molecular flexibility index (Phi) is 7.84. The lowest BCUT2D eigenvalue weighted by Gasteiger charge is -2.31. The lowest BCUT2D eigenvalue weighted by Crippen LogP contribution is -2.47. The zero-order valence-corrected chi connectivity index (χ0v) is 21.8. The first kappa shape index (κ1) is 26.1. The van der Waals surface area contributed by atoms with Gasteiger partial charge in [0.15, 0.2) is 0 Å². The molecule has 2 aromatic rings. The molecule has 4 rings (SSSR count). The predicted molar refractivity (Wildman–Crippen MR) is 134 cm³/mol. The van der Waals surface area contributed by atoms with Crippen molar-refractivity contribution in [3.05, 3.63) is 53.6 Å². The van der Waals surface area contributed by atoms with Crippen LogP contribution in [0.4, 0.5) is 5.69 Å². The smallest absolute Gasteiger partial charge is 0.243 e. The minimum absolute atomic E-state index is 0.0761. The van der Waals surface area contributed by atoms with Crippen molar-refractivity contribution in [1.82, 2.24) is 13.5 Å². The van der Waals surface area contributed by atoms with Crippen LogP contribution in [0.2, 0.25) is 5.02 Å². The second kappa shape index (κ2) is 10.5. The number of anilines is 1. The number of rotatable bonds is 6. The molecule has 1 N–H and O–H groups in total. The van der Waals surface area contributed by atoms with E-state index in [1.54, 1.807) is 12.1 Å². The maximum Gasteiger partial charge on any atom is 0.243 e. The summed E-state index contributed by atoms with van der Waals surface area (Å²) in [5.74, 6) is -0.810. The van der Waals surface area contributed by atoms with E-state index < -0.39 is 26.0 Å². The molecule has 0 aromatic heterocycles. The maximum absolute atomic E-state index is 13.0. The summed E-state index contributed by atoms with van der Waals surface area (Å²) in [5, 5.41) is 3.25. The molecule has 0 aliphatic carbocycles. The van der Waals surface area contributed by atoms with E-state index >= 15 is 0 Å². The van der Waals surface area contributed by atoms with E-state index in [0.717, 1.165) is 0 Å². The summed E-state index contributed by atoms with van der Waals surface area (Å²) in [4.78, 5) is 15.3. The highest BCUT2D eigenvalue weighted by Gasteiger charge is 2.33. The second-order valence-corrected chi connectivity index (χ2v) is 13.2. The van der Waals surface area contributed by atoms with Gasteiger partial charge < -0.3 is 10.2 Å². The zero-order chi connectivity index (χ0) is 25.2. The fourth-order valence-corrected chi connectivity index (χ4v) is 7.33. The molecular formula is C23H29ClN4O5S2. The number of sulfonamides is 2. The molecule has 0 saturated carbocycles. The van der Waals surface area contributed by atoms with E-state index in [2.05, 4.69) is 10.2 Å². The van der Waals surface area contributed by atoms with Gasteiger partial charge in [-0.3, -0.25) is 4.79 Å². The van der Waals surface area contributed by atoms with Gasteiger partial charge in [-0.05, 0) is 68.4 Å². The summed E-state index contributed by atoms with van der Waals surface area (Å²) in [7, 11) is -5.37. The number of hydrogen-bond donors (Lipinski definition) is 1. The third-order valence-corrected chi connectivity index (χ3v) is 10.5. The predicted octanol–water partition coefficient (Wildman–Crippen LogP) is 2.32. The molecule has 0 radical (unpaired) electrons. The van der Waals surface area contributed by atoms with Gasteiger partial charge in [0.25, 0.3) is 0 Å². The van der Waals surface area contributed by atoms with Crippen molar-refractivity contribution in [3.8, 4) is 0 Å². The molecule has 1 atom stereocenters. The van der Waals surface area contributed by atoms with Crippen molar-refractivity contribution >= 4 is 43.2 Å². The zero-order valence-electron chi connectivity index (χ0n) is 19.4. The van der Waals surface area contributed by atoms with Crippen LogP contribution in [0, 0.1) is 5.92 Å². The first-order valence-corrected chi connectivity index (χ1v) is 14.7. The Morgan fingerprint density at radius 1 is 0.829 bits per heavy atom. The Balaban J connectivity index is 1.40. The van der Waals surface area contributed by atoms with Gasteiger partial charge in [-0.1, -0.05) is 11.6 Å². The quantitative estimate of drug-likeness (QED) is 0.602. The fourth-order valence-electron chi connectivity index (χ4n) is 4.26. The van der Waals surface area contributed by atoms with E-state index in [-0.39, 0.29) is 22.2 Å². The molecule has 12 heteroatoms. The van der Waals surface area contributed by atoms with Crippen LogP contribution < -0.4 is 5.32 Å². The highest BCUT2D eigenvalue weighted by Crippen LogP contribution is 2.26.